The predicted molar refractivity (Wildman–Crippen MR) is 123 cm³/mol. The highest BCUT2D eigenvalue weighted by Crippen LogP contribution is 2.45. The molecule has 0 saturated heterocycles. The van der Waals surface area contributed by atoms with Gasteiger partial charge in [0, 0.05) is 0 Å². The molecule has 1 amide bonds. The Morgan fingerprint density at radius 2 is 1.53 bits per heavy atom. The van der Waals surface area contributed by atoms with Crippen LogP contribution in [0.2, 0.25) is 0 Å². The van der Waals surface area contributed by atoms with Crippen LogP contribution >= 0.6 is 0 Å². The normalized spacial score (nSPS) is 19.3. The molecule has 1 saturated carbocycles. The molecule has 32 heavy (non-hydrogen) atoms. The summed E-state index contributed by atoms with van der Waals surface area (Å²) in [5.41, 5.74) is 2.07. The van der Waals surface area contributed by atoms with Gasteiger partial charge in [0.1, 0.15) is 0 Å². The zero-order valence-corrected chi connectivity index (χ0v) is 18.6. The van der Waals surface area contributed by atoms with Gasteiger partial charge in [0.05, 0.1) is 23.5 Å². The van der Waals surface area contributed by atoms with Gasteiger partial charge in [0.15, 0.2) is 0 Å². The fourth-order valence-corrected chi connectivity index (χ4v) is 5.65. The molecule has 0 unspecified atom stereocenters. The van der Waals surface area contributed by atoms with Crippen molar-refractivity contribution in [1.29, 1.82) is 0 Å². The number of benzene rings is 2. The van der Waals surface area contributed by atoms with Crippen LogP contribution in [0, 0.1) is 11.3 Å². The van der Waals surface area contributed by atoms with Crippen LogP contribution in [-0.2, 0) is 28.9 Å². The summed E-state index contributed by atoms with van der Waals surface area (Å²) in [6.45, 7) is -0.125. The van der Waals surface area contributed by atoms with Crippen LogP contribution in [0.5, 0.6) is 0 Å². The summed E-state index contributed by atoms with van der Waals surface area (Å²) < 4.78 is 0. The van der Waals surface area contributed by atoms with Crippen LogP contribution in [0.1, 0.15) is 55.2 Å². The molecular weight excluding hydrogens is 402 g/mol. The van der Waals surface area contributed by atoms with Crippen LogP contribution in [-0.4, -0.2) is 34.2 Å². The number of aliphatic hydroxyl groups is 1. The van der Waals surface area contributed by atoms with Crippen molar-refractivity contribution < 1.29 is 19.8 Å². The molecular formula is C27H33NO4. The molecule has 2 aromatic carbocycles. The molecule has 0 spiro atoms. The first kappa shape index (κ1) is 22.5. The molecule has 0 aromatic heterocycles. The Balaban J connectivity index is 1.48. The second kappa shape index (κ2) is 9.45. The lowest BCUT2D eigenvalue weighted by atomic mass is 9.74. The average molecular weight is 436 g/mol. The largest absolute Gasteiger partial charge is 0.481 e. The van der Waals surface area contributed by atoms with Crippen molar-refractivity contribution in [3.05, 3.63) is 71.3 Å². The predicted octanol–water partition coefficient (Wildman–Crippen LogP) is 3.92. The van der Waals surface area contributed by atoms with E-state index in [0.29, 0.717) is 44.9 Å². The minimum Gasteiger partial charge on any atom is -0.481 e. The van der Waals surface area contributed by atoms with Gasteiger partial charge in [-0.05, 0) is 61.6 Å². The molecule has 0 aliphatic heterocycles. The van der Waals surface area contributed by atoms with Gasteiger partial charge in [0.2, 0.25) is 5.91 Å². The Kier molecular flexibility index (Phi) is 6.66. The van der Waals surface area contributed by atoms with Crippen molar-refractivity contribution in [2.75, 3.05) is 6.61 Å². The maximum Gasteiger partial charge on any atom is 0.306 e. The third-order valence-corrected chi connectivity index (χ3v) is 7.51. The number of carboxylic acids is 1. The van der Waals surface area contributed by atoms with E-state index in [0.717, 1.165) is 29.5 Å². The van der Waals surface area contributed by atoms with Gasteiger partial charge in [-0.1, -0.05) is 67.4 Å². The highest BCUT2D eigenvalue weighted by atomic mass is 16.4. The van der Waals surface area contributed by atoms with Gasteiger partial charge in [-0.2, -0.15) is 0 Å². The Hall–Kier alpha value is -2.66. The van der Waals surface area contributed by atoms with Crippen LogP contribution < -0.4 is 5.32 Å². The summed E-state index contributed by atoms with van der Waals surface area (Å²) in [7, 11) is 0. The third kappa shape index (κ3) is 4.73. The Morgan fingerprint density at radius 1 is 0.938 bits per heavy atom. The molecule has 5 heteroatoms. The quantitative estimate of drug-likeness (QED) is 0.557. The molecule has 0 heterocycles. The summed E-state index contributed by atoms with van der Waals surface area (Å²) in [6, 6.07) is 18.0. The number of hydrogen-bond donors (Lipinski definition) is 3. The van der Waals surface area contributed by atoms with E-state index in [1.54, 1.807) is 0 Å². The molecule has 3 N–H and O–H groups in total. The van der Waals surface area contributed by atoms with Gasteiger partial charge in [-0.3, -0.25) is 9.59 Å². The molecule has 2 aromatic rings. The van der Waals surface area contributed by atoms with E-state index in [1.165, 1.54) is 0 Å². The van der Waals surface area contributed by atoms with E-state index in [-0.39, 0.29) is 12.5 Å². The Labute approximate surface area is 189 Å². The number of hydrogen-bond acceptors (Lipinski definition) is 3. The number of rotatable bonds is 9. The summed E-state index contributed by atoms with van der Waals surface area (Å²) in [4.78, 5) is 25.8. The maximum atomic E-state index is 13.7. The van der Waals surface area contributed by atoms with Crippen LogP contribution in [0.15, 0.2) is 54.6 Å². The van der Waals surface area contributed by atoms with E-state index in [2.05, 4.69) is 5.32 Å². The SMILES string of the molecule is O=C(O)[C@H](CCc1ccccc1)CC1(C(=O)NC2(CO)Cc3ccccc3C2)CCCC1. The summed E-state index contributed by atoms with van der Waals surface area (Å²) in [5.74, 6) is -1.47. The Bertz CT molecular complexity index is 924. The first-order valence-electron chi connectivity index (χ1n) is 11.7. The second-order valence-corrected chi connectivity index (χ2v) is 9.77. The van der Waals surface area contributed by atoms with E-state index in [1.807, 2.05) is 54.6 Å². The van der Waals surface area contributed by atoms with Crippen LogP contribution in [0.25, 0.3) is 0 Å². The molecule has 0 radical (unpaired) electrons. The molecule has 1 fully saturated rings. The lowest BCUT2D eigenvalue weighted by Crippen LogP contribution is -2.56. The minimum atomic E-state index is -0.829. The van der Waals surface area contributed by atoms with E-state index >= 15 is 0 Å². The van der Waals surface area contributed by atoms with Crippen molar-refractivity contribution in [3.63, 3.8) is 0 Å². The maximum absolute atomic E-state index is 13.7. The molecule has 2 aliphatic carbocycles. The fraction of sp³-hybridized carbons (Fsp3) is 0.481. The molecule has 0 bridgehead atoms. The average Bonchev–Trinajstić information content (AvgIpc) is 3.42. The first-order valence-corrected chi connectivity index (χ1v) is 11.7. The third-order valence-electron chi connectivity index (χ3n) is 7.51. The van der Waals surface area contributed by atoms with Crippen LogP contribution in [0.4, 0.5) is 0 Å². The standard InChI is InChI=1S/C27H33NO4/c29-19-27(17-21-10-4-5-11-22(21)18-27)28-25(32)26(14-6-7-15-26)16-23(24(30)31)13-12-20-8-2-1-3-9-20/h1-5,8-11,23,29H,6-7,12-19H2,(H,28,32)(H,30,31)/t23-/m1/s1. The topological polar surface area (TPSA) is 86.6 Å². The highest BCUT2D eigenvalue weighted by Gasteiger charge is 2.47. The lowest BCUT2D eigenvalue weighted by molar-refractivity contribution is -0.145. The summed E-state index contributed by atoms with van der Waals surface area (Å²) in [6.07, 6.45) is 6.07. The van der Waals surface area contributed by atoms with Crippen molar-refractivity contribution in [2.45, 2.75) is 63.3 Å². The monoisotopic (exact) mass is 435 g/mol. The van der Waals surface area contributed by atoms with Gasteiger partial charge < -0.3 is 15.5 Å². The number of aliphatic hydroxyl groups excluding tert-OH is 1. The highest BCUT2D eigenvalue weighted by molar-refractivity contribution is 5.85. The van der Waals surface area contributed by atoms with Crippen LogP contribution in [0.3, 0.4) is 0 Å². The number of carbonyl (C=O) groups excluding carboxylic acids is 1. The van der Waals surface area contributed by atoms with E-state index in [4.69, 9.17) is 0 Å². The number of nitrogens with one attached hydrogen (secondary N) is 1. The summed E-state index contributed by atoms with van der Waals surface area (Å²) in [5, 5.41) is 23.4. The number of fused-ring (bicyclic) bond motifs is 1. The minimum absolute atomic E-state index is 0.0807. The number of amides is 1. The first-order chi connectivity index (χ1) is 15.5. The van der Waals surface area contributed by atoms with Gasteiger partial charge >= 0.3 is 5.97 Å². The molecule has 2 aliphatic rings. The van der Waals surface area contributed by atoms with Gasteiger partial charge in [-0.25, -0.2) is 0 Å². The lowest BCUT2D eigenvalue weighted by Gasteiger charge is -2.36. The molecule has 5 nitrogen and oxygen atoms in total. The molecule has 1 atom stereocenters. The fourth-order valence-electron chi connectivity index (χ4n) is 5.65. The zero-order chi connectivity index (χ0) is 22.6. The van der Waals surface area contributed by atoms with Crippen molar-refractivity contribution in [2.24, 2.45) is 11.3 Å². The Morgan fingerprint density at radius 3 is 2.09 bits per heavy atom. The molecule has 4 rings (SSSR count). The van der Waals surface area contributed by atoms with Crippen molar-refractivity contribution in [3.8, 4) is 0 Å². The van der Waals surface area contributed by atoms with Gasteiger partial charge in [0.25, 0.3) is 0 Å². The van der Waals surface area contributed by atoms with Gasteiger partial charge in [-0.15, -0.1) is 0 Å². The second-order valence-electron chi connectivity index (χ2n) is 9.77. The van der Waals surface area contributed by atoms with Crippen molar-refractivity contribution in [1.82, 2.24) is 5.32 Å². The smallest absolute Gasteiger partial charge is 0.306 e. The summed E-state index contributed by atoms with van der Waals surface area (Å²) >= 11 is 0. The number of carbonyl (C=O) groups is 2. The van der Waals surface area contributed by atoms with Crippen molar-refractivity contribution >= 4 is 11.9 Å². The molecule has 170 valence electrons. The number of carboxylic acid groups (broad SMARTS) is 1. The number of aryl methyl sites for hydroxylation is 1. The zero-order valence-electron chi connectivity index (χ0n) is 18.6. The van der Waals surface area contributed by atoms with E-state index < -0.39 is 22.8 Å². The number of aliphatic carboxylic acids is 1. The van der Waals surface area contributed by atoms with E-state index in [9.17, 15) is 19.8 Å².